The van der Waals surface area contributed by atoms with Crippen molar-refractivity contribution in [2.75, 3.05) is 55.0 Å². The SMILES string of the molecule is CN=C(NCC(c1ccc(OC)c(OC)c1)N(C)C)N1CCC2(CCCC2)C1.I. The van der Waals surface area contributed by atoms with Crippen molar-refractivity contribution in [3.05, 3.63) is 23.8 Å². The van der Waals surface area contributed by atoms with Gasteiger partial charge >= 0.3 is 0 Å². The molecule has 29 heavy (non-hydrogen) atoms. The Hall–Kier alpha value is -1.22. The van der Waals surface area contributed by atoms with E-state index in [0.29, 0.717) is 5.41 Å². The first-order valence-corrected chi connectivity index (χ1v) is 10.4. The molecule has 1 saturated carbocycles. The molecule has 2 fully saturated rings. The van der Waals surface area contributed by atoms with E-state index in [9.17, 15) is 0 Å². The molecule has 0 bridgehead atoms. The van der Waals surface area contributed by atoms with Crippen LogP contribution in [0.2, 0.25) is 0 Å². The van der Waals surface area contributed by atoms with Crippen molar-refractivity contribution >= 4 is 29.9 Å². The summed E-state index contributed by atoms with van der Waals surface area (Å²) in [5, 5.41) is 3.63. The number of rotatable bonds is 6. The van der Waals surface area contributed by atoms with Crippen molar-refractivity contribution in [2.24, 2.45) is 10.4 Å². The van der Waals surface area contributed by atoms with Crippen molar-refractivity contribution in [1.29, 1.82) is 0 Å². The van der Waals surface area contributed by atoms with Crippen LogP contribution in [0.1, 0.15) is 43.7 Å². The van der Waals surface area contributed by atoms with Gasteiger partial charge in [0.25, 0.3) is 0 Å². The fraction of sp³-hybridized carbons (Fsp3) is 0.682. The van der Waals surface area contributed by atoms with E-state index in [4.69, 9.17) is 9.47 Å². The van der Waals surface area contributed by atoms with E-state index in [2.05, 4.69) is 46.3 Å². The molecular weight excluding hydrogens is 479 g/mol. The Morgan fingerprint density at radius 1 is 1.17 bits per heavy atom. The number of nitrogens with zero attached hydrogens (tertiary/aromatic N) is 3. The Morgan fingerprint density at radius 3 is 2.45 bits per heavy atom. The maximum absolute atomic E-state index is 5.49. The van der Waals surface area contributed by atoms with Crippen molar-refractivity contribution in [2.45, 2.75) is 38.1 Å². The number of hydrogen-bond donors (Lipinski definition) is 1. The van der Waals surface area contributed by atoms with Crippen LogP contribution in [0.4, 0.5) is 0 Å². The summed E-state index contributed by atoms with van der Waals surface area (Å²) in [5.41, 5.74) is 1.74. The summed E-state index contributed by atoms with van der Waals surface area (Å²) in [6, 6.07) is 6.36. The van der Waals surface area contributed by atoms with Gasteiger partial charge in [-0.2, -0.15) is 0 Å². The summed E-state index contributed by atoms with van der Waals surface area (Å²) >= 11 is 0. The molecule has 1 aliphatic carbocycles. The number of methoxy groups -OCH3 is 2. The molecule has 164 valence electrons. The molecule has 1 spiro atoms. The molecule has 6 nitrogen and oxygen atoms in total. The van der Waals surface area contributed by atoms with Gasteiger partial charge in [0.2, 0.25) is 0 Å². The third-order valence-corrected chi connectivity index (χ3v) is 6.48. The highest BCUT2D eigenvalue weighted by atomic mass is 127. The van der Waals surface area contributed by atoms with Crippen LogP contribution in [0, 0.1) is 5.41 Å². The van der Waals surface area contributed by atoms with E-state index in [0.717, 1.165) is 37.1 Å². The average molecular weight is 516 g/mol. The highest BCUT2D eigenvalue weighted by Gasteiger charge is 2.41. The van der Waals surface area contributed by atoms with Crippen molar-refractivity contribution in [1.82, 2.24) is 15.1 Å². The fourth-order valence-electron chi connectivity index (χ4n) is 4.83. The molecule has 1 unspecified atom stereocenters. The summed E-state index contributed by atoms with van der Waals surface area (Å²) < 4.78 is 10.9. The second kappa shape index (κ2) is 10.7. The number of halogens is 1. The number of hydrogen-bond acceptors (Lipinski definition) is 4. The zero-order valence-corrected chi connectivity index (χ0v) is 20.9. The predicted octanol–water partition coefficient (Wildman–Crippen LogP) is 3.77. The number of benzene rings is 1. The highest BCUT2D eigenvalue weighted by Crippen LogP contribution is 2.45. The van der Waals surface area contributed by atoms with E-state index in [1.165, 1.54) is 37.7 Å². The van der Waals surface area contributed by atoms with Gasteiger partial charge in [-0.1, -0.05) is 18.9 Å². The summed E-state index contributed by atoms with van der Waals surface area (Å²) in [6.45, 7) is 3.05. The Morgan fingerprint density at radius 2 is 1.86 bits per heavy atom. The topological polar surface area (TPSA) is 49.3 Å². The molecule has 1 aromatic carbocycles. The van der Waals surface area contributed by atoms with Gasteiger partial charge in [0.1, 0.15) is 0 Å². The minimum Gasteiger partial charge on any atom is -0.493 e. The van der Waals surface area contributed by atoms with Gasteiger partial charge in [0.05, 0.1) is 20.3 Å². The van der Waals surface area contributed by atoms with Gasteiger partial charge in [0.15, 0.2) is 17.5 Å². The van der Waals surface area contributed by atoms with Crippen molar-refractivity contribution < 1.29 is 9.47 Å². The molecule has 0 amide bonds. The Kier molecular flexibility index (Phi) is 8.88. The first-order valence-electron chi connectivity index (χ1n) is 10.4. The van der Waals surface area contributed by atoms with Gasteiger partial charge in [-0.25, -0.2) is 0 Å². The molecule has 0 aromatic heterocycles. The molecule has 1 aromatic rings. The van der Waals surface area contributed by atoms with Crippen LogP contribution in [0.5, 0.6) is 11.5 Å². The Labute approximate surface area is 193 Å². The number of nitrogens with one attached hydrogen (secondary N) is 1. The highest BCUT2D eigenvalue weighted by molar-refractivity contribution is 14.0. The third-order valence-electron chi connectivity index (χ3n) is 6.48. The lowest BCUT2D eigenvalue weighted by Gasteiger charge is -2.29. The smallest absolute Gasteiger partial charge is 0.193 e. The maximum Gasteiger partial charge on any atom is 0.193 e. The average Bonchev–Trinajstić information content (AvgIpc) is 3.34. The molecule has 0 radical (unpaired) electrons. The van der Waals surface area contributed by atoms with Gasteiger partial charge in [-0.15, -0.1) is 24.0 Å². The Bertz CT molecular complexity index is 689. The van der Waals surface area contributed by atoms with Crippen LogP contribution in [0.25, 0.3) is 0 Å². The Balaban J connectivity index is 0.00000300. The number of likely N-dealkylation sites (N-methyl/N-ethyl adjacent to an activating group) is 1. The fourth-order valence-corrected chi connectivity index (χ4v) is 4.83. The number of guanidine groups is 1. The van der Waals surface area contributed by atoms with Crippen LogP contribution in [-0.2, 0) is 0 Å². The van der Waals surface area contributed by atoms with Crippen LogP contribution in [-0.4, -0.2) is 70.8 Å². The maximum atomic E-state index is 5.49. The molecule has 3 rings (SSSR count). The van der Waals surface area contributed by atoms with Crippen LogP contribution < -0.4 is 14.8 Å². The second-order valence-corrected chi connectivity index (χ2v) is 8.40. The lowest BCUT2D eigenvalue weighted by Crippen LogP contribution is -2.44. The minimum atomic E-state index is 0. The van der Waals surface area contributed by atoms with E-state index in [1.807, 2.05) is 13.1 Å². The lowest BCUT2D eigenvalue weighted by atomic mass is 9.86. The third kappa shape index (κ3) is 5.48. The summed E-state index contributed by atoms with van der Waals surface area (Å²) in [4.78, 5) is 9.26. The van der Waals surface area contributed by atoms with Crippen LogP contribution >= 0.6 is 24.0 Å². The van der Waals surface area contributed by atoms with Crippen LogP contribution in [0.3, 0.4) is 0 Å². The van der Waals surface area contributed by atoms with Gasteiger partial charge in [-0.05, 0) is 56.5 Å². The van der Waals surface area contributed by atoms with Crippen molar-refractivity contribution in [3.8, 4) is 11.5 Å². The first kappa shape index (κ1) is 24.1. The molecule has 1 N–H and O–H groups in total. The zero-order valence-electron chi connectivity index (χ0n) is 18.5. The lowest BCUT2D eigenvalue weighted by molar-refractivity contribution is 0.288. The number of ether oxygens (including phenoxy) is 2. The second-order valence-electron chi connectivity index (χ2n) is 8.40. The molecule has 1 atom stereocenters. The first-order chi connectivity index (χ1) is 13.5. The van der Waals surface area contributed by atoms with E-state index in [1.54, 1.807) is 14.2 Å². The molecule has 1 heterocycles. The normalized spacial score (nSPS) is 19.4. The van der Waals surface area contributed by atoms with E-state index >= 15 is 0 Å². The van der Waals surface area contributed by atoms with E-state index < -0.39 is 0 Å². The minimum absolute atomic E-state index is 0. The predicted molar refractivity (Wildman–Crippen MR) is 130 cm³/mol. The summed E-state index contributed by atoms with van der Waals surface area (Å²) in [6.07, 6.45) is 6.85. The molecule has 7 heteroatoms. The van der Waals surface area contributed by atoms with Crippen LogP contribution in [0.15, 0.2) is 23.2 Å². The van der Waals surface area contributed by atoms with Gasteiger partial charge in [0, 0.05) is 26.7 Å². The zero-order chi connectivity index (χ0) is 20.1. The molecule has 1 saturated heterocycles. The van der Waals surface area contributed by atoms with Gasteiger partial charge in [-0.3, -0.25) is 4.99 Å². The molecule has 1 aliphatic heterocycles. The largest absolute Gasteiger partial charge is 0.493 e. The summed E-state index contributed by atoms with van der Waals surface area (Å²) in [7, 11) is 9.45. The van der Waals surface area contributed by atoms with Gasteiger partial charge < -0.3 is 24.6 Å². The number of aliphatic imine (C=N–C) groups is 1. The number of likely N-dealkylation sites (tertiary alicyclic amines) is 1. The standard InChI is InChI=1S/C22H36N4O2.HI/c1-23-21(26-13-12-22(16-26)10-6-7-11-22)24-15-18(25(2)3)17-8-9-19(27-4)20(14-17)28-5;/h8-9,14,18H,6-7,10-13,15-16H2,1-5H3,(H,23,24);1H. The quantitative estimate of drug-likeness (QED) is 0.355. The van der Waals surface area contributed by atoms with E-state index in [-0.39, 0.29) is 30.0 Å². The molecule has 2 aliphatic rings. The summed E-state index contributed by atoms with van der Waals surface area (Å²) in [5.74, 6) is 2.54. The monoisotopic (exact) mass is 516 g/mol. The molecular formula is C22H37IN4O2. The van der Waals surface area contributed by atoms with Crippen molar-refractivity contribution in [3.63, 3.8) is 0 Å².